The van der Waals surface area contributed by atoms with Crippen LogP contribution in [0.1, 0.15) is 36.0 Å². The molecule has 1 aliphatic rings. The molecule has 5 N–H and O–H groups in total. The van der Waals surface area contributed by atoms with E-state index in [0.717, 1.165) is 12.8 Å². The van der Waals surface area contributed by atoms with Crippen LogP contribution >= 0.6 is 0 Å². The zero-order valence-corrected chi connectivity index (χ0v) is 14.0. The molecule has 1 aromatic heterocycles. The number of carboxylic acids is 1. The van der Waals surface area contributed by atoms with Gasteiger partial charge in [0.25, 0.3) is 0 Å². The first-order valence-corrected chi connectivity index (χ1v) is 8.14. The molecule has 0 radical (unpaired) electrons. The van der Waals surface area contributed by atoms with Crippen molar-refractivity contribution in [2.75, 3.05) is 23.5 Å². The quantitative estimate of drug-likeness (QED) is 0.631. The molecular formula is C17H21N5O3. The van der Waals surface area contributed by atoms with Crippen molar-refractivity contribution in [2.45, 2.75) is 31.7 Å². The maximum atomic E-state index is 11.1. The molecule has 0 aliphatic heterocycles. The third-order valence-corrected chi connectivity index (χ3v) is 4.21. The number of anilines is 4. The van der Waals surface area contributed by atoms with E-state index in [4.69, 9.17) is 15.6 Å². The van der Waals surface area contributed by atoms with Gasteiger partial charge in [-0.1, -0.05) is 12.8 Å². The van der Waals surface area contributed by atoms with E-state index >= 15 is 0 Å². The number of methoxy groups -OCH3 is 1. The molecule has 3 rings (SSSR count). The van der Waals surface area contributed by atoms with Crippen LogP contribution in [0.15, 0.2) is 24.4 Å². The van der Waals surface area contributed by atoms with Crippen LogP contribution in [0.2, 0.25) is 0 Å². The van der Waals surface area contributed by atoms with Crippen molar-refractivity contribution in [3.05, 3.63) is 30.0 Å². The molecule has 1 saturated carbocycles. The summed E-state index contributed by atoms with van der Waals surface area (Å²) in [6.45, 7) is 0. The minimum absolute atomic E-state index is 0.143. The third kappa shape index (κ3) is 3.90. The lowest BCUT2D eigenvalue weighted by molar-refractivity contribution is 0.0696. The summed E-state index contributed by atoms with van der Waals surface area (Å²) < 4.78 is 5.25. The predicted molar refractivity (Wildman–Crippen MR) is 95.6 cm³/mol. The highest BCUT2D eigenvalue weighted by Gasteiger charge is 2.17. The Hall–Kier alpha value is -3.03. The Morgan fingerprint density at radius 3 is 2.80 bits per heavy atom. The molecule has 0 bridgehead atoms. The molecule has 2 aromatic rings. The van der Waals surface area contributed by atoms with E-state index in [2.05, 4.69) is 20.6 Å². The monoisotopic (exact) mass is 343 g/mol. The summed E-state index contributed by atoms with van der Waals surface area (Å²) in [5, 5.41) is 15.5. The van der Waals surface area contributed by atoms with E-state index in [1.165, 1.54) is 32.1 Å². The zero-order chi connectivity index (χ0) is 17.8. The van der Waals surface area contributed by atoms with Gasteiger partial charge in [0, 0.05) is 6.04 Å². The number of benzene rings is 1. The lowest BCUT2D eigenvalue weighted by atomic mass is 10.2. The van der Waals surface area contributed by atoms with Gasteiger partial charge in [-0.2, -0.15) is 4.98 Å². The Labute approximate surface area is 145 Å². The van der Waals surface area contributed by atoms with E-state index in [0.29, 0.717) is 34.9 Å². The highest BCUT2D eigenvalue weighted by molar-refractivity contribution is 5.89. The van der Waals surface area contributed by atoms with Gasteiger partial charge in [-0.25, -0.2) is 9.78 Å². The molecule has 0 unspecified atom stereocenters. The van der Waals surface area contributed by atoms with Crippen LogP contribution < -0.4 is 21.1 Å². The number of aromatic carboxylic acids is 1. The Bertz CT molecular complexity index is 775. The fourth-order valence-corrected chi connectivity index (χ4v) is 2.88. The lowest BCUT2D eigenvalue weighted by Gasteiger charge is -2.16. The second-order valence-corrected chi connectivity index (χ2v) is 5.97. The van der Waals surface area contributed by atoms with Crippen LogP contribution in [0.4, 0.5) is 23.1 Å². The summed E-state index contributed by atoms with van der Waals surface area (Å²) in [5.41, 5.74) is 7.17. The molecular weight excluding hydrogens is 322 g/mol. The largest absolute Gasteiger partial charge is 0.495 e. The van der Waals surface area contributed by atoms with E-state index in [1.54, 1.807) is 12.3 Å². The average molecular weight is 343 g/mol. The van der Waals surface area contributed by atoms with Gasteiger partial charge in [-0.3, -0.25) is 0 Å². The van der Waals surface area contributed by atoms with Gasteiger partial charge >= 0.3 is 5.97 Å². The number of rotatable bonds is 6. The summed E-state index contributed by atoms with van der Waals surface area (Å²) in [5.74, 6) is 0.337. The Balaban J connectivity index is 1.81. The average Bonchev–Trinajstić information content (AvgIpc) is 3.11. The number of hydrogen-bond acceptors (Lipinski definition) is 7. The van der Waals surface area contributed by atoms with E-state index < -0.39 is 5.97 Å². The lowest BCUT2D eigenvalue weighted by Crippen LogP contribution is -2.17. The molecule has 8 heteroatoms. The number of nitrogens with one attached hydrogen (secondary N) is 2. The molecule has 0 spiro atoms. The van der Waals surface area contributed by atoms with Gasteiger partial charge < -0.3 is 26.2 Å². The molecule has 1 aromatic carbocycles. The number of nitrogens with two attached hydrogens (primary N) is 1. The first kappa shape index (κ1) is 16.8. The SMILES string of the molecule is COc1cc(C(=O)O)ccc1Nc1ncc(N)c(NC2CCCC2)n1. The zero-order valence-electron chi connectivity index (χ0n) is 14.0. The number of carboxylic acid groups (broad SMARTS) is 1. The van der Waals surface area contributed by atoms with Crippen molar-refractivity contribution in [3.8, 4) is 5.75 Å². The summed E-state index contributed by atoms with van der Waals surface area (Å²) >= 11 is 0. The van der Waals surface area contributed by atoms with Crippen LogP contribution in [0, 0.1) is 0 Å². The molecule has 0 amide bonds. The number of nitrogen functional groups attached to an aromatic ring is 1. The number of carbonyl (C=O) groups is 1. The second-order valence-electron chi connectivity index (χ2n) is 5.97. The summed E-state index contributed by atoms with van der Waals surface area (Å²) in [6, 6.07) is 4.93. The second kappa shape index (κ2) is 7.25. The van der Waals surface area contributed by atoms with Gasteiger partial charge in [0.05, 0.1) is 30.2 Å². The molecule has 1 aliphatic carbocycles. The summed E-state index contributed by atoms with van der Waals surface area (Å²) in [6.07, 6.45) is 6.18. The van der Waals surface area contributed by atoms with Crippen LogP contribution in [-0.4, -0.2) is 34.2 Å². The maximum absolute atomic E-state index is 11.1. The fraction of sp³-hybridized carbons (Fsp3) is 0.353. The predicted octanol–water partition coefficient (Wildman–Crippen LogP) is 2.86. The van der Waals surface area contributed by atoms with Crippen molar-refractivity contribution < 1.29 is 14.6 Å². The highest BCUT2D eigenvalue weighted by atomic mass is 16.5. The Morgan fingerprint density at radius 2 is 2.12 bits per heavy atom. The van der Waals surface area contributed by atoms with Crippen LogP contribution in [0.25, 0.3) is 0 Å². The molecule has 25 heavy (non-hydrogen) atoms. The molecule has 132 valence electrons. The van der Waals surface area contributed by atoms with E-state index in [1.807, 2.05) is 0 Å². The summed E-state index contributed by atoms with van der Waals surface area (Å²) in [4.78, 5) is 19.7. The van der Waals surface area contributed by atoms with Gasteiger partial charge in [0.2, 0.25) is 5.95 Å². The van der Waals surface area contributed by atoms with E-state index in [9.17, 15) is 4.79 Å². The van der Waals surface area contributed by atoms with Gasteiger partial charge in [0.15, 0.2) is 5.82 Å². The number of hydrogen-bond donors (Lipinski definition) is 4. The van der Waals surface area contributed by atoms with Crippen LogP contribution in [-0.2, 0) is 0 Å². The maximum Gasteiger partial charge on any atom is 0.335 e. The topological polar surface area (TPSA) is 122 Å². The van der Waals surface area contributed by atoms with Gasteiger partial charge in [0.1, 0.15) is 5.75 Å². The Kier molecular flexibility index (Phi) is 4.87. The van der Waals surface area contributed by atoms with Crippen molar-refractivity contribution in [1.82, 2.24) is 9.97 Å². The smallest absolute Gasteiger partial charge is 0.335 e. The number of aromatic nitrogens is 2. The van der Waals surface area contributed by atoms with Crippen molar-refractivity contribution in [2.24, 2.45) is 0 Å². The fourth-order valence-electron chi connectivity index (χ4n) is 2.88. The van der Waals surface area contributed by atoms with Gasteiger partial charge in [-0.05, 0) is 31.0 Å². The van der Waals surface area contributed by atoms with Crippen molar-refractivity contribution in [3.63, 3.8) is 0 Å². The standard InChI is InChI=1S/C17H21N5O3/c1-25-14-8-10(16(23)24)6-7-13(14)21-17-19-9-12(18)15(22-17)20-11-4-2-3-5-11/h6-9,11H,2-5,18H2,1H3,(H,23,24)(H2,19,20,21,22). The molecule has 0 atom stereocenters. The van der Waals surface area contributed by atoms with E-state index in [-0.39, 0.29) is 5.56 Å². The third-order valence-electron chi connectivity index (χ3n) is 4.21. The minimum Gasteiger partial charge on any atom is -0.495 e. The van der Waals surface area contributed by atoms with Crippen molar-refractivity contribution >= 4 is 29.1 Å². The summed E-state index contributed by atoms with van der Waals surface area (Å²) in [7, 11) is 1.48. The Morgan fingerprint density at radius 1 is 1.36 bits per heavy atom. The first-order valence-electron chi connectivity index (χ1n) is 8.14. The normalized spacial score (nSPS) is 14.3. The highest BCUT2D eigenvalue weighted by Crippen LogP contribution is 2.29. The molecule has 0 saturated heterocycles. The molecule has 1 fully saturated rings. The first-order chi connectivity index (χ1) is 12.1. The minimum atomic E-state index is -1.02. The van der Waals surface area contributed by atoms with Crippen LogP contribution in [0.3, 0.4) is 0 Å². The van der Waals surface area contributed by atoms with Crippen LogP contribution in [0.5, 0.6) is 5.75 Å². The van der Waals surface area contributed by atoms with Gasteiger partial charge in [-0.15, -0.1) is 0 Å². The molecule has 1 heterocycles. The number of nitrogens with zero attached hydrogens (tertiary/aromatic N) is 2. The number of ether oxygens (including phenoxy) is 1. The van der Waals surface area contributed by atoms with Crippen molar-refractivity contribution in [1.29, 1.82) is 0 Å². The molecule has 8 nitrogen and oxygen atoms in total.